The molecule has 17 heavy (non-hydrogen) atoms. The molecule has 1 aromatic carbocycles. The van der Waals surface area contributed by atoms with E-state index in [1.165, 1.54) is 5.56 Å². The Balaban J connectivity index is 2.42. The Hall–Kier alpha value is -1.06. The van der Waals surface area contributed by atoms with Gasteiger partial charge in [-0.1, -0.05) is 12.1 Å². The zero-order chi connectivity index (χ0) is 12.9. The maximum Gasteiger partial charge on any atom is 0.118 e. The van der Waals surface area contributed by atoms with Crippen LogP contribution in [0.3, 0.4) is 0 Å². The maximum absolute atomic E-state index is 9.66. The average Bonchev–Trinajstić information content (AvgIpc) is 2.27. The molecule has 0 aliphatic rings. The fourth-order valence-electron chi connectivity index (χ4n) is 1.59. The molecule has 0 unspecified atom stereocenters. The van der Waals surface area contributed by atoms with E-state index >= 15 is 0 Å². The molecule has 1 rings (SSSR count). The molecule has 0 amide bonds. The minimum Gasteiger partial charge on any atom is -0.497 e. The predicted molar refractivity (Wildman–Crippen MR) is 70.2 cm³/mol. The van der Waals surface area contributed by atoms with E-state index in [1.807, 2.05) is 26.0 Å². The second kappa shape index (κ2) is 6.03. The molecule has 0 bridgehead atoms. The highest BCUT2D eigenvalue weighted by Crippen LogP contribution is 2.13. The number of rotatable bonds is 6. The largest absolute Gasteiger partial charge is 0.497 e. The summed E-state index contributed by atoms with van der Waals surface area (Å²) in [5.41, 5.74) is 0.665. The molecule has 0 aliphatic heterocycles. The van der Waals surface area contributed by atoms with Crippen molar-refractivity contribution in [3.8, 4) is 5.75 Å². The Morgan fingerprint density at radius 1 is 1.24 bits per heavy atom. The first-order chi connectivity index (χ1) is 7.90. The van der Waals surface area contributed by atoms with Crippen LogP contribution in [0.4, 0.5) is 0 Å². The Kier molecular flexibility index (Phi) is 4.97. The third-order valence-corrected chi connectivity index (χ3v) is 2.72. The Bertz CT molecular complexity index is 327. The number of benzene rings is 1. The number of hydrogen-bond donors (Lipinski definition) is 1. The van der Waals surface area contributed by atoms with Gasteiger partial charge in [0.25, 0.3) is 0 Å². The number of nitrogens with zero attached hydrogens (tertiary/aromatic N) is 1. The first-order valence-electron chi connectivity index (χ1n) is 5.94. The molecule has 3 heteroatoms. The molecule has 0 fully saturated rings. The summed E-state index contributed by atoms with van der Waals surface area (Å²) < 4.78 is 5.12. The van der Waals surface area contributed by atoms with E-state index in [9.17, 15) is 5.11 Å². The normalized spacial score (nSPS) is 11.9. The van der Waals surface area contributed by atoms with Gasteiger partial charge >= 0.3 is 0 Å². The molecule has 0 saturated heterocycles. The highest BCUT2D eigenvalue weighted by molar-refractivity contribution is 5.26. The van der Waals surface area contributed by atoms with Crippen LogP contribution in [0.15, 0.2) is 24.3 Å². The van der Waals surface area contributed by atoms with Gasteiger partial charge in [0, 0.05) is 13.1 Å². The van der Waals surface area contributed by atoms with Crippen molar-refractivity contribution in [2.75, 3.05) is 20.7 Å². The van der Waals surface area contributed by atoms with Crippen molar-refractivity contribution in [3.63, 3.8) is 0 Å². The first-order valence-corrected chi connectivity index (χ1v) is 5.94. The second-order valence-corrected chi connectivity index (χ2v) is 5.15. The van der Waals surface area contributed by atoms with Gasteiger partial charge in [-0.25, -0.2) is 0 Å². The summed E-state index contributed by atoms with van der Waals surface area (Å²) in [5.74, 6) is 0.882. The smallest absolute Gasteiger partial charge is 0.118 e. The lowest BCUT2D eigenvalue weighted by atomic mass is 10.1. The molecule has 0 aliphatic carbocycles. The Morgan fingerprint density at radius 3 is 2.29 bits per heavy atom. The standard InChI is InChI=1S/C14H23NO2/c1-14(2,16)9-10-15(3)11-12-5-7-13(17-4)8-6-12/h5-8,16H,9-11H2,1-4H3. The van der Waals surface area contributed by atoms with Crippen molar-refractivity contribution < 1.29 is 9.84 Å². The molecule has 0 atom stereocenters. The molecular weight excluding hydrogens is 214 g/mol. The maximum atomic E-state index is 9.66. The summed E-state index contributed by atoms with van der Waals surface area (Å²) in [4.78, 5) is 2.21. The van der Waals surface area contributed by atoms with Gasteiger partial charge < -0.3 is 14.7 Å². The van der Waals surface area contributed by atoms with Gasteiger partial charge in [0.1, 0.15) is 5.75 Å². The van der Waals surface area contributed by atoms with E-state index in [1.54, 1.807) is 7.11 Å². The first kappa shape index (κ1) is 14.0. The number of methoxy groups -OCH3 is 1. The van der Waals surface area contributed by atoms with Crippen molar-refractivity contribution in [2.24, 2.45) is 0 Å². The minimum atomic E-state index is -0.589. The van der Waals surface area contributed by atoms with Crippen LogP contribution in [0.1, 0.15) is 25.8 Å². The molecule has 0 spiro atoms. The van der Waals surface area contributed by atoms with Gasteiger partial charge in [0.05, 0.1) is 12.7 Å². The van der Waals surface area contributed by atoms with E-state index in [2.05, 4.69) is 24.1 Å². The van der Waals surface area contributed by atoms with Gasteiger partial charge in [0.15, 0.2) is 0 Å². The van der Waals surface area contributed by atoms with Crippen LogP contribution in [0, 0.1) is 0 Å². The lowest BCUT2D eigenvalue weighted by Gasteiger charge is -2.22. The third-order valence-electron chi connectivity index (χ3n) is 2.72. The van der Waals surface area contributed by atoms with Gasteiger partial charge in [-0.3, -0.25) is 0 Å². The molecule has 1 aromatic rings. The molecule has 3 nitrogen and oxygen atoms in total. The summed E-state index contributed by atoms with van der Waals surface area (Å²) in [6, 6.07) is 8.08. The van der Waals surface area contributed by atoms with Crippen LogP contribution in [-0.2, 0) is 6.54 Å². The number of hydrogen-bond acceptors (Lipinski definition) is 3. The highest BCUT2D eigenvalue weighted by Gasteiger charge is 2.13. The third kappa shape index (κ3) is 5.71. The fourth-order valence-corrected chi connectivity index (χ4v) is 1.59. The molecule has 0 radical (unpaired) electrons. The van der Waals surface area contributed by atoms with E-state index in [0.29, 0.717) is 0 Å². The van der Waals surface area contributed by atoms with Crippen molar-refractivity contribution in [3.05, 3.63) is 29.8 Å². The minimum absolute atomic E-state index is 0.589. The number of aliphatic hydroxyl groups is 1. The molecule has 0 saturated carbocycles. The lowest BCUT2D eigenvalue weighted by molar-refractivity contribution is 0.0599. The monoisotopic (exact) mass is 237 g/mol. The van der Waals surface area contributed by atoms with Gasteiger partial charge in [-0.05, 0) is 45.0 Å². The fraction of sp³-hybridized carbons (Fsp3) is 0.571. The molecule has 96 valence electrons. The Labute approximate surface area is 104 Å². The topological polar surface area (TPSA) is 32.7 Å². The van der Waals surface area contributed by atoms with E-state index < -0.39 is 5.60 Å². The molecule has 1 N–H and O–H groups in total. The van der Waals surface area contributed by atoms with E-state index in [-0.39, 0.29) is 0 Å². The highest BCUT2D eigenvalue weighted by atomic mass is 16.5. The lowest BCUT2D eigenvalue weighted by Crippen LogP contribution is -2.28. The van der Waals surface area contributed by atoms with Crippen LogP contribution in [0.2, 0.25) is 0 Å². The van der Waals surface area contributed by atoms with E-state index in [4.69, 9.17) is 4.74 Å². The van der Waals surface area contributed by atoms with Crippen molar-refractivity contribution in [1.82, 2.24) is 4.90 Å². The van der Waals surface area contributed by atoms with Gasteiger partial charge in [-0.2, -0.15) is 0 Å². The van der Waals surface area contributed by atoms with Crippen molar-refractivity contribution in [2.45, 2.75) is 32.4 Å². The molecule has 0 aromatic heterocycles. The SMILES string of the molecule is COc1ccc(CN(C)CCC(C)(C)O)cc1. The van der Waals surface area contributed by atoms with E-state index in [0.717, 1.165) is 25.3 Å². The van der Waals surface area contributed by atoms with Crippen molar-refractivity contribution >= 4 is 0 Å². The summed E-state index contributed by atoms with van der Waals surface area (Å²) >= 11 is 0. The molecular formula is C14H23NO2. The van der Waals surface area contributed by atoms with Gasteiger partial charge in [-0.15, -0.1) is 0 Å². The Morgan fingerprint density at radius 2 is 1.82 bits per heavy atom. The summed E-state index contributed by atoms with van der Waals surface area (Å²) in [5, 5.41) is 9.66. The van der Waals surface area contributed by atoms with Crippen LogP contribution in [0.5, 0.6) is 5.75 Å². The van der Waals surface area contributed by atoms with Crippen LogP contribution in [-0.4, -0.2) is 36.3 Å². The summed E-state index contributed by atoms with van der Waals surface area (Å²) in [6.07, 6.45) is 0.777. The van der Waals surface area contributed by atoms with Gasteiger partial charge in [0.2, 0.25) is 0 Å². The zero-order valence-corrected chi connectivity index (χ0v) is 11.2. The second-order valence-electron chi connectivity index (χ2n) is 5.15. The van der Waals surface area contributed by atoms with Crippen LogP contribution < -0.4 is 4.74 Å². The van der Waals surface area contributed by atoms with Crippen molar-refractivity contribution in [1.29, 1.82) is 0 Å². The van der Waals surface area contributed by atoms with Crippen LogP contribution >= 0.6 is 0 Å². The van der Waals surface area contributed by atoms with Crippen LogP contribution in [0.25, 0.3) is 0 Å². The summed E-state index contributed by atoms with van der Waals surface area (Å²) in [6.45, 7) is 5.46. The number of ether oxygens (including phenoxy) is 1. The average molecular weight is 237 g/mol. The zero-order valence-electron chi connectivity index (χ0n) is 11.2. The molecule has 0 heterocycles. The quantitative estimate of drug-likeness (QED) is 0.824. The predicted octanol–water partition coefficient (Wildman–Crippen LogP) is 2.29. The summed E-state index contributed by atoms with van der Waals surface area (Å²) in [7, 11) is 3.74.